The summed E-state index contributed by atoms with van der Waals surface area (Å²) in [4.78, 5) is 11.0. The number of hydrogen-bond acceptors (Lipinski definition) is 7. The minimum atomic E-state index is 0.305. The third-order valence-corrected chi connectivity index (χ3v) is 3.37. The average Bonchev–Trinajstić information content (AvgIpc) is 2.61. The first-order chi connectivity index (χ1) is 10.7. The van der Waals surface area contributed by atoms with Crippen LogP contribution < -0.4 is 16.0 Å². The van der Waals surface area contributed by atoms with Crippen molar-refractivity contribution in [2.24, 2.45) is 7.05 Å². The number of rotatable bonds is 3. The molecule has 0 unspecified atom stereocenters. The lowest BCUT2D eigenvalue weighted by Crippen LogP contribution is -2.43. The summed E-state index contributed by atoms with van der Waals surface area (Å²) in [5.41, 5.74) is 6.03. The Morgan fingerprint density at radius 2 is 2.14 bits per heavy atom. The molecule has 0 aliphatic carbocycles. The Morgan fingerprint density at radius 3 is 2.77 bits per heavy atom. The number of anilines is 2. The second kappa shape index (κ2) is 7.60. The fourth-order valence-corrected chi connectivity index (χ4v) is 2.14. The second-order valence-corrected chi connectivity index (χ2v) is 4.81. The summed E-state index contributed by atoms with van der Waals surface area (Å²) >= 11 is 0. The standard InChI is InChI=1S/C14H23N7O/c1-4-11(22-3)13-17-6-5-12(18-14(15)20(2)19-13)21-9-7-16-8-10-21/h4-6,16H,7-10H2,1-3H3,(H2,15,18)/b11-4-,12-5?,17-6?,19-13?. The van der Waals surface area contributed by atoms with E-state index in [2.05, 4.69) is 25.3 Å². The molecule has 8 nitrogen and oxygen atoms in total. The van der Waals surface area contributed by atoms with E-state index in [0.29, 0.717) is 17.5 Å². The van der Waals surface area contributed by atoms with Gasteiger partial charge in [0.1, 0.15) is 5.82 Å². The summed E-state index contributed by atoms with van der Waals surface area (Å²) in [5, 5.41) is 7.65. The van der Waals surface area contributed by atoms with Crippen LogP contribution in [-0.2, 0) is 11.8 Å². The van der Waals surface area contributed by atoms with Crippen molar-refractivity contribution >= 4 is 17.5 Å². The predicted octanol–water partition coefficient (Wildman–Crippen LogP) is 0.334. The predicted molar refractivity (Wildman–Crippen MR) is 86.6 cm³/mol. The number of ether oxygens (including phenoxy) is 1. The van der Waals surface area contributed by atoms with E-state index in [4.69, 9.17) is 10.5 Å². The van der Waals surface area contributed by atoms with Gasteiger partial charge in [0.25, 0.3) is 0 Å². The number of methoxy groups -OCH3 is 1. The fraction of sp³-hybridized carbons (Fsp3) is 0.500. The summed E-state index contributed by atoms with van der Waals surface area (Å²) in [6.45, 7) is 5.48. The van der Waals surface area contributed by atoms with Crippen LogP contribution in [0.3, 0.4) is 0 Å². The molecule has 0 spiro atoms. The van der Waals surface area contributed by atoms with Crippen molar-refractivity contribution in [2.45, 2.75) is 6.92 Å². The summed E-state index contributed by atoms with van der Waals surface area (Å²) < 4.78 is 6.77. The van der Waals surface area contributed by atoms with Gasteiger partial charge >= 0.3 is 0 Å². The maximum absolute atomic E-state index is 6.03. The molecule has 2 heterocycles. The SMILES string of the molecule is C/C=C(\OC)c1nccc(N2CCNCC2)nc(N)n(C)n1. The summed E-state index contributed by atoms with van der Waals surface area (Å²) in [6, 6.07) is 1.84. The lowest BCUT2D eigenvalue weighted by Gasteiger charge is -2.27. The van der Waals surface area contributed by atoms with Gasteiger partial charge < -0.3 is 20.7 Å². The first-order valence-corrected chi connectivity index (χ1v) is 7.23. The molecule has 3 N–H and O–H groups in total. The lowest BCUT2D eigenvalue weighted by atomic mass is 10.3. The van der Waals surface area contributed by atoms with Crippen molar-refractivity contribution in [3.63, 3.8) is 0 Å². The molecule has 120 valence electrons. The third kappa shape index (κ3) is 3.85. The molecule has 1 fully saturated rings. The molecule has 1 aliphatic heterocycles. The Bertz CT molecular complexity index is 589. The molecule has 2 rings (SSSR count). The van der Waals surface area contributed by atoms with E-state index in [-0.39, 0.29) is 0 Å². The average molecular weight is 305 g/mol. The molecule has 1 aliphatic rings. The molecule has 0 bridgehead atoms. The zero-order valence-electron chi connectivity index (χ0n) is 13.3. The Balaban J connectivity index is 2.50. The number of hydrogen-bond donors (Lipinski definition) is 2. The number of nitrogens with two attached hydrogens (primary N) is 1. The van der Waals surface area contributed by atoms with Gasteiger partial charge in [-0.05, 0) is 19.1 Å². The highest BCUT2D eigenvalue weighted by molar-refractivity contribution is 5.51. The van der Waals surface area contributed by atoms with Crippen LogP contribution in [0, 0.1) is 0 Å². The zero-order valence-corrected chi connectivity index (χ0v) is 13.3. The quantitative estimate of drug-likeness (QED) is 0.777. The van der Waals surface area contributed by atoms with Crippen molar-refractivity contribution < 1.29 is 4.74 Å². The van der Waals surface area contributed by atoms with Gasteiger partial charge in [-0.2, -0.15) is 4.98 Å². The van der Waals surface area contributed by atoms with E-state index in [1.54, 1.807) is 26.4 Å². The van der Waals surface area contributed by atoms with E-state index < -0.39 is 0 Å². The largest absolute Gasteiger partial charge is 0.493 e. The third-order valence-electron chi connectivity index (χ3n) is 3.37. The van der Waals surface area contributed by atoms with E-state index in [9.17, 15) is 0 Å². The van der Waals surface area contributed by atoms with Crippen molar-refractivity contribution in [2.75, 3.05) is 43.9 Å². The van der Waals surface area contributed by atoms with Crippen LogP contribution in [0.1, 0.15) is 12.7 Å². The highest BCUT2D eigenvalue weighted by Gasteiger charge is 2.11. The maximum atomic E-state index is 6.03. The number of aryl methyl sites for hydroxylation is 1. The van der Waals surface area contributed by atoms with Gasteiger partial charge in [0.05, 0.1) is 7.11 Å². The Labute approximate surface area is 130 Å². The summed E-state index contributed by atoms with van der Waals surface area (Å²) in [7, 11) is 3.32. The summed E-state index contributed by atoms with van der Waals surface area (Å²) in [6.07, 6.45) is 3.48. The molecule has 0 aromatic carbocycles. The van der Waals surface area contributed by atoms with Gasteiger partial charge in [-0.1, -0.05) is 0 Å². The Hall–Kier alpha value is -2.35. The van der Waals surface area contributed by atoms with E-state index >= 15 is 0 Å². The lowest BCUT2D eigenvalue weighted by molar-refractivity contribution is 0.364. The highest BCUT2D eigenvalue weighted by Crippen LogP contribution is 2.12. The number of piperazine rings is 1. The van der Waals surface area contributed by atoms with Crippen LogP contribution >= 0.6 is 0 Å². The summed E-state index contributed by atoms with van der Waals surface area (Å²) in [5.74, 6) is 2.11. The smallest absolute Gasteiger partial charge is 0.218 e. The monoisotopic (exact) mass is 305 g/mol. The van der Waals surface area contributed by atoms with Gasteiger partial charge in [0, 0.05) is 39.4 Å². The van der Waals surface area contributed by atoms with Gasteiger partial charge in [0.2, 0.25) is 11.8 Å². The van der Waals surface area contributed by atoms with Crippen molar-refractivity contribution in [1.82, 2.24) is 25.1 Å². The van der Waals surface area contributed by atoms with Gasteiger partial charge in [-0.3, -0.25) is 0 Å². The molecule has 22 heavy (non-hydrogen) atoms. The van der Waals surface area contributed by atoms with Crippen LogP contribution in [0.25, 0.3) is 5.76 Å². The topological polar surface area (TPSA) is 94.1 Å². The number of nitrogens with one attached hydrogen (secondary N) is 1. The molecule has 1 aromatic heterocycles. The maximum Gasteiger partial charge on any atom is 0.218 e. The normalized spacial score (nSPS) is 15.4. The van der Waals surface area contributed by atoms with E-state index in [1.807, 2.05) is 13.0 Å². The van der Waals surface area contributed by atoms with Crippen LogP contribution in [0.15, 0.2) is 18.3 Å². The molecule has 8 heteroatoms. The highest BCUT2D eigenvalue weighted by atomic mass is 16.5. The number of nitrogens with zero attached hydrogens (tertiary/aromatic N) is 5. The molecule has 0 radical (unpaired) electrons. The Morgan fingerprint density at radius 1 is 1.41 bits per heavy atom. The van der Waals surface area contributed by atoms with Crippen LogP contribution in [0.5, 0.6) is 0 Å². The van der Waals surface area contributed by atoms with Crippen LogP contribution in [-0.4, -0.2) is 53.0 Å². The van der Waals surface area contributed by atoms with Crippen LogP contribution in [0.4, 0.5) is 11.8 Å². The molecule has 0 amide bonds. The van der Waals surface area contributed by atoms with E-state index in [1.165, 1.54) is 4.68 Å². The van der Waals surface area contributed by atoms with Gasteiger partial charge in [0.15, 0.2) is 5.76 Å². The number of allylic oxidation sites excluding steroid dienone is 1. The molecular formula is C14H23N7O. The van der Waals surface area contributed by atoms with Gasteiger partial charge in [-0.15, -0.1) is 5.10 Å². The molecule has 0 saturated carbocycles. The van der Waals surface area contributed by atoms with Crippen molar-refractivity contribution in [3.8, 4) is 0 Å². The minimum absolute atomic E-state index is 0.305. The molecule has 1 aromatic rings. The van der Waals surface area contributed by atoms with E-state index in [0.717, 1.165) is 32.0 Å². The Kier molecular flexibility index (Phi) is 5.54. The molecular weight excluding hydrogens is 282 g/mol. The van der Waals surface area contributed by atoms with Crippen LogP contribution in [0.2, 0.25) is 0 Å². The molecule has 0 atom stereocenters. The number of aromatic nitrogens is 4. The first kappa shape index (κ1) is 16.0. The molecule has 1 saturated heterocycles. The number of nitrogen functional groups attached to an aromatic ring is 1. The second-order valence-electron chi connectivity index (χ2n) is 4.81. The minimum Gasteiger partial charge on any atom is -0.493 e. The van der Waals surface area contributed by atoms with Gasteiger partial charge in [-0.25, -0.2) is 9.67 Å². The van der Waals surface area contributed by atoms with Crippen molar-refractivity contribution in [3.05, 3.63) is 24.2 Å². The zero-order chi connectivity index (χ0) is 15.9. The van der Waals surface area contributed by atoms with Crippen molar-refractivity contribution in [1.29, 1.82) is 0 Å². The fourth-order valence-electron chi connectivity index (χ4n) is 2.14. The first-order valence-electron chi connectivity index (χ1n) is 7.23.